The van der Waals surface area contributed by atoms with Gasteiger partial charge in [0.25, 0.3) is 5.91 Å². The largest absolute Gasteiger partial charge is 0.469 e. The molecule has 2 aromatic rings. The average Bonchev–Trinajstić information content (AvgIpc) is 3.18. The number of ether oxygens (including phenoxy) is 1. The molecular formula is C26H31F4N3O3. The average molecular weight is 510 g/mol. The summed E-state index contributed by atoms with van der Waals surface area (Å²) in [5.74, 6) is -0.804. The maximum atomic E-state index is 15.7. The number of fused-ring (bicyclic) bond motifs is 1. The molecule has 6 nitrogen and oxygen atoms in total. The van der Waals surface area contributed by atoms with Crippen molar-refractivity contribution >= 4 is 17.7 Å². The highest BCUT2D eigenvalue weighted by atomic mass is 19.4. The van der Waals surface area contributed by atoms with Gasteiger partial charge in [-0.1, -0.05) is 18.2 Å². The zero-order valence-corrected chi connectivity index (χ0v) is 20.9. The molecule has 4 unspecified atom stereocenters. The zero-order valence-electron chi connectivity index (χ0n) is 20.9. The van der Waals surface area contributed by atoms with Crippen molar-refractivity contribution in [2.75, 3.05) is 12.4 Å². The Balaban J connectivity index is 2.01. The van der Waals surface area contributed by atoms with Crippen LogP contribution in [0.2, 0.25) is 0 Å². The summed E-state index contributed by atoms with van der Waals surface area (Å²) < 4.78 is 62.4. The minimum atomic E-state index is -4.62. The second kappa shape index (κ2) is 10.4. The minimum Gasteiger partial charge on any atom is -0.469 e. The third-order valence-electron chi connectivity index (χ3n) is 6.52. The maximum absolute atomic E-state index is 15.7. The van der Waals surface area contributed by atoms with E-state index in [0.29, 0.717) is 18.8 Å². The topological polar surface area (TPSA) is 72.4 Å². The number of hydrogen-bond acceptors (Lipinski definition) is 4. The molecule has 0 saturated carbocycles. The van der Waals surface area contributed by atoms with Gasteiger partial charge in [-0.25, -0.2) is 4.39 Å². The summed E-state index contributed by atoms with van der Waals surface area (Å²) in [5, 5.41) is 5.87. The van der Waals surface area contributed by atoms with E-state index in [9.17, 15) is 22.8 Å². The Morgan fingerprint density at radius 1 is 1.28 bits per heavy atom. The van der Waals surface area contributed by atoms with Crippen molar-refractivity contribution < 1.29 is 31.9 Å². The van der Waals surface area contributed by atoms with Crippen LogP contribution in [0.25, 0.3) is 0 Å². The lowest BCUT2D eigenvalue weighted by Gasteiger charge is -2.30. The molecule has 36 heavy (non-hydrogen) atoms. The predicted molar refractivity (Wildman–Crippen MR) is 128 cm³/mol. The molecule has 1 aromatic carbocycles. The quantitative estimate of drug-likeness (QED) is 0.296. The van der Waals surface area contributed by atoms with Gasteiger partial charge in [0, 0.05) is 12.6 Å². The Morgan fingerprint density at radius 3 is 2.56 bits per heavy atom. The number of nitrogens with one attached hydrogen (secondary N) is 2. The minimum absolute atomic E-state index is 0.0156. The number of methoxy groups -OCH3 is 1. The number of carbonyl (C=O) groups excluding carboxylic acids is 2. The van der Waals surface area contributed by atoms with Gasteiger partial charge in [-0.15, -0.1) is 0 Å². The third-order valence-corrected chi connectivity index (χ3v) is 6.52. The van der Waals surface area contributed by atoms with Gasteiger partial charge >= 0.3 is 12.1 Å². The van der Waals surface area contributed by atoms with Crippen LogP contribution in [0.1, 0.15) is 60.9 Å². The molecule has 0 saturated heterocycles. The molecule has 1 aliphatic rings. The Morgan fingerprint density at radius 2 is 1.97 bits per heavy atom. The Kier molecular flexibility index (Phi) is 7.85. The highest BCUT2D eigenvalue weighted by Crippen LogP contribution is 2.37. The fraction of sp³-hybridized carbons (Fsp3) is 0.462. The van der Waals surface area contributed by atoms with Gasteiger partial charge in [-0.05, 0) is 69.5 Å². The fourth-order valence-electron chi connectivity index (χ4n) is 4.69. The van der Waals surface area contributed by atoms with Gasteiger partial charge in [-0.2, -0.15) is 13.2 Å². The molecule has 0 radical (unpaired) electrons. The molecule has 196 valence electrons. The highest BCUT2D eigenvalue weighted by molar-refractivity contribution is 5.95. The summed E-state index contributed by atoms with van der Waals surface area (Å²) in [6.45, 7) is 6.86. The van der Waals surface area contributed by atoms with E-state index in [1.54, 1.807) is 17.6 Å². The lowest BCUT2D eigenvalue weighted by Crippen LogP contribution is -2.41. The van der Waals surface area contributed by atoms with Gasteiger partial charge in [0.15, 0.2) is 5.67 Å². The number of amides is 1. The first-order valence-electron chi connectivity index (χ1n) is 11.7. The van der Waals surface area contributed by atoms with Gasteiger partial charge in [0.2, 0.25) is 0 Å². The summed E-state index contributed by atoms with van der Waals surface area (Å²) >= 11 is 0. The molecular weight excluding hydrogens is 478 g/mol. The Labute approximate surface area is 207 Å². The molecule has 0 bridgehead atoms. The second-order valence-corrected chi connectivity index (χ2v) is 9.10. The maximum Gasteiger partial charge on any atom is 0.416 e. The number of carbonyl (C=O) groups is 2. The van der Waals surface area contributed by atoms with Crippen molar-refractivity contribution in [3.63, 3.8) is 0 Å². The molecule has 0 fully saturated rings. The van der Waals surface area contributed by atoms with Gasteiger partial charge in [0.1, 0.15) is 11.5 Å². The van der Waals surface area contributed by atoms with E-state index < -0.39 is 35.3 Å². The van der Waals surface area contributed by atoms with Crippen LogP contribution in [-0.4, -0.2) is 35.3 Å². The van der Waals surface area contributed by atoms with Crippen LogP contribution >= 0.6 is 0 Å². The molecule has 1 aromatic heterocycles. The number of esters is 1. The van der Waals surface area contributed by atoms with Crippen molar-refractivity contribution in [1.82, 2.24) is 9.88 Å². The number of rotatable bonds is 7. The standard InChI is InChI=1S/C26H31F4N3O3/c1-6-11-25(4,27)21(16-9-8-10-18(12-16)26(28,29)30)32-23(34)20-14-17-13-19(24(35)36-5)15(3)31-22(17)33(20)7-2/h6,8-12,14-15,19,21,31H,7,13H2,1-5H3,(H,32,34). The SMILES string of the molecule is CC=CC(C)(F)C(NC(=O)c1cc2c(n1CC)NC(C)C(C(=O)OC)C2)c1cccc(C(F)(F)F)c1. The summed E-state index contributed by atoms with van der Waals surface area (Å²) in [4.78, 5) is 25.6. The number of allylic oxidation sites excluding steroid dienone is 1. The molecule has 2 N–H and O–H groups in total. The van der Waals surface area contributed by atoms with E-state index in [1.807, 2.05) is 13.8 Å². The molecule has 3 rings (SSSR count). The third kappa shape index (κ3) is 5.42. The van der Waals surface area contributed by atoms with Crippen LogP contribution in [0.3, 0.4) is 0 Å². The molecule has 1 amide bonds. The summed E-state index contributed by atoms with van der Waals surface area (Å²) in [6.07, 6.45) is -1.63. The van der Waals surface area contributed by atoms with Crippen molar-refractivity contribution in [2.45, 2.75) is 64.6 Å². The second-order valence-electron chi connectivity index (χ2n) is 9.10. The van der Waals surface area contributed by atoms with Crippen LogP contribution in [0.5, 0.6) is 0 Å². The van der Waals surface area contributed by atoms with Crippen LogP contribution in [0.4, 0.5) is 23.4 Å². The number of halogens is 4. The predicted octanol–water partition coefficient (Wildman–Crippen LogP) is 5.45. The van der Waals surface area contributed by atoms with Crippen LogP contribution in [0.15, 0.2) is 42.5 Å². The zero-order chi connectivity index (χ0) is 26.8. The highest BCUT2D eigenvalue weighted by Gasteiger charge is 2.39. The Bertz CT molecular complexity index is 1150. The number of alkyl halides is 4. The Hall–Kier alpha value is -3.30. The van der Waals surface area contributed by atoms with Crippen LogP contribution in [-0.2, 0) is 28.7 Å². The van der Waals surface area contributed by atoms with Gasteiger partial charge in [0.05, 0.1) is 24.6 Å². The first kappa shape index (κ1) is 27.3. The van der Waals surface area contributed by atoms with Crippen molar-refractivity contribution in [3.05, 3.63) is 64.9 Å². The van der Waals surface area contributed by atoms with Crippen LogP contribution < -0.4 is 10.6 Å². The first-order valence-corrected chi connectivity index (χ1v) is 11.7. The van der Waals surface area contributed by atoms with E-state index in [4.69, 9.17) is 4.74 Å². The normalized spacial score (nSPS) is 20.2. The monoisotopic (exact) mass is 509 g/mol. The summed E-state index contributed by atoms with van der Waals surface area (Å²) in [5.41, 5.74) is -2.20. The van der Waals surface area contributed by atoms with Crippen molar-refractivity contribution in [2.24, 2.45) is 5.92 Å². The number of aromatic nitrogens is 1. The fourth-order valence-corrected chi connectivity index (χ4v) is 4.69. The van der Waals surface area contributed by atoms with Crippen molar-refractivity contribution in [1.29, 1.82) is 0 Å². The molecule has 4 atom stereocenters. The molecule has 2 heterocycles. The number of hydrogen-bond donors (Lipinski definition) is 2. The van der Waals surface area contributed by atoms with E-state index in [0.717, 1.165) is 17.7 Å². The lowest BCUT2D eigenvalue weighted by atomic mass is 9.89. The number of anilines is 1. The van der Waals surface area contributed by atoms with Crippen molar-refractivity contribution in [3.8, 4) is 0 Å². The number of benzene rings is 1. The van der Waals surface area contributed by atoms with E-state index >= 15 is 4.39 Å². The molecule has 10 heteroatoms. The molecule has 0 aliphatic carbocycles. The van der Waals surface area contributed by atoms with Gasteiger partial charge in [-0.3, -0.25) is 9.59 Å². The summed E-state index contributed by atoms with van der Waals surface area (Å²) in [7, 11) is 1.31. The van der Waals surface area contributed by atoms with E-state index in [1.165, 1.54) is 38.3 Å². The smallest absolute Gasteiger partial charge is 0.416 e. The summed E-state index contributed by atoms with van der Waals surface area (Å²) in [6, 6.07) is 4.27. The van der Waals surface area contributed by atoms with E-state index in [2.05, 4.69) is 10.6 Å². The van der Waals surface area contributed by atoms with Gasteiger partial charge < -0.3 is 19.9 Å². The first-order chi connectivity index (χ1) is 16.8. The van der Waals surface area contributed by atoms with Crippen LogP contribution in [0, 0.1) is 5.92 Å². The number of nitrogens with zero attached hydrogens (tertiary/aromatic N) is 1. The lowest BCUT2D eigenvalue weighted by molar-refractivity contribution is -0.146. The van der Waals surface area contributed by atoms with E-state index in [-0.39, 0.29) is 23.3 Å². The molecule has 1 aliphatic heterocycles. The molecule has 0 spiro atoms.